The minimum Gasteiger partial charge on any atom is -0.484 e. The molecule has 2 N–H and O–H groups in total. The van der Waals surface area contributed by atoms with E-state index in [9.17, 15) is 14.7 Å². The maximum atomic E-state index is 12.8. The van der Waals surface area contributed by atoms with Crippen molar-refractivity contribution in [2.45, 2.75) is 43.6 Å². The molecule has 1 heterocycles. The van der Waals surface area contributed by atoms with Crippen LogP contribution >= 0.6 is 0 Å². The van der Waals surface area contributed by atoms with Crippen molar-refractivity contribution >= 4 is 22.6 Å². The van der Waals surface area contributed by atoms with E-state index in [-0.39, 0.29) is 37.2 Å². The number of hydrogen-bond acceptors (Lipinski definition) is 5. The lowest BCUT2D eigenvalue weighted by atomic mass is 9.45. The van der Waals surface area contributed by atoms with Crippen molar-refractivity contribution in [1.29, 1.82) is 0 Å². The molecule has 0 bridgehead atoms. The summed E-state index contributed by atoms with van der Waals surface area (Å²) in [4.78, 5) is 24.6. The zero-order chi connectivity index (χ0) is 25.6. The van der Waals surface area contributed by atoms with E-state index in [4.69, 9.17) is 14.2 Å². The molecule has 38 heavy (non-hydrogen) atoms. The van der Waals surface area contributed by atoms with Crippen LogP contribution in [0.2, 0.25) is 0 Å². The van der Waals surface area contributed by atoms with Gasteiger partial charge in [0.1, 0.15) is 5.75 Å². The van der Waals surface area contributed by atoms with Gasteiger partial charge in [0.25, 0.3) is 5.91 Å². The van der Waals surface area contributed by atoms with E-state index in [1.54, 1.807) is 0 Å². The number of rotatable bonds is 8. The first-order valence-corrected chi connectivity index (χ1v) is 13.5. The second-order valence-electron chi connectivity index (χ2n) is 12.0. The van der Waals surface area contributed by atoms with Crippen molar-refractivity contribution < 1.29 is 28.9 Å². The number of carboxylic acids is 1. The van der Waals surface area contributed by atoms with Gasteiger partial charge in [0.05, 0.1) is 6.42 Å². The van der Waals surface area contributed by atoms with Crippen LogP contribution in [-0.4, -0.2) is 35.9 Å². The quantitative estimate of drug-likeness (QED) is 0.449. The van der Waals surface area contributed by atoms with Crippen molar-refractivity contribution in [3.8, 4) is 17.2 Å². The Hall–Kier alpha value is -3.74. The third-order valence-corrected chi connectivity index (χ3v) is 10.0. The van der Waals surface area contributed by atoms with E-state index < -0.39 is 5.97 Å². The molecule has 0 radical (unpaired) electrons. The van der Waals surface area contributed by atoms with Crippen LogP contribution in [0.3, 0.4) is 0 Å². The first-order valence-electron chi connectivity index (χ1n) is 13.5. The normalized spacial score (nSPS) is 31.4. The van der Waals surface area contributed by atoms with Gasteiger partial charge in [-0.2, -0.15) is 0 Å². The number of benzene rings is 3. The van der Waals surface area contributed by atoms with Gasteiger partial charge in [-0.25, -0.2) is 0 Å². The number of hydrogen-bond donors (Lipinski definition) is 2. The van der Waals surface area contributed by atoms with Crippen molar-refractivity contribution in [2.24, 2.45) is 23.2 Å². The van der Waals surface area contributed by atoms with Gasteiger partial charge < -0.3 is 24.6 Å². The minimum absolute atomic E-state index is 0.000830. The number of ether oxygens (including phenoxy) is 3. The highest BCUT2D eigenvalue weighted by atomic mass is 16.7. The van der Waals surface area contributed by atoms with E-state index in [2.05, 4.69) is 5.32 Å². The van der Waals surface area contributed by atoms with Crippen LogP contribution < -0.4 is 19.5 Å². The first-order chi connectivity index (χ1) is 18.4. The van der Waals surface area contributed by atoms with E-state index in [0.29, 0.717) is 28.6 Å². The molecule has 1 spiro atoms. The lowest BCUT2D eigenvalue weighted by Gasteiger charge is -2.63. The Kier molecular flexibility index (Phi) is 4.48. The Bertz CT molecular complexity index is 1520. The Morgan fingerprint density at radius 3 is 2.63 bits per heavy atom. The summed E-state index contributed by atoms with van der Waals surface area (Å²) in [5, 5.41) is 14.9. The highest BCUT2D eigenvalue weighted by Crippen LogP contribution is 2.86. The SMILES string of the molecule is O=C(O)CC(c1ccc2c(c1)OCO2)c1ccc2ccc(OCC(=O)NC34CC5CC6(CC6C3)C54)cc2c1. The molecule has 6 unspecified atom stereocenters. The average molecular weight is 512 g/mol. The molecule has 1 aliphatic heterocycles. The van der Waals surface area contributed by atoms with E-state index >= 15 is 0 Å². The van der Waals surface area contributed by atoms with Crippen LogP contribution in [0.15, 0.2) is 54.6 Å². The second-order valence-corrected chi connectivity index (χ2v) is 12.0. The van der Waals surface area contributed by atoms with Gasteiger partial charge in [0.15, 0.2) is 18.1 Å². The first kappa shape index (κ1) is 22.3. The molecule has 194 valence electrons. The number of amides is 1. The number of carbonyl (C=O) groups excluding carboxylic acids is 1. The molecule has 3 aromatic carbocycles. The summed E-state index contributed by atoms with van der Waals surface area (Å²) in [6, 6.07) is 17.3. The molecular weight excluding hydrogens is 482 g/mol. The highest BCUT2D eigenvalue weighted by molar-refractivity contribution is 5.85. The molecule has 6 atom stereocenters. The summed E-state index contributed by atoms with van der Waals surface area (Å²) in [5.41, 5.74) is 2.38. The Morgan fingerprint density at radius 1 is 0.947 bits per heavy atom. The van der Waals surface area contributed by atoms with Crippen LogP contribution in [0.5, 0.6) is 17.2 Å². The van der Waals surface area contributed by atoms with Crippen LogP contribution in [0.4, 0.5) is 0 Å². The fourth-order valence-corrected chi connectivity index (χ4v) is 8.55. The lowest BCUT2D eigenvalue weighted by molar-refractivity contribution is -0.143. The Morgan fingerprint density at radius 2 is 1.76 bits per heavy atom. The van der Waals surface area contributed by atoms with Gasteiger partial charge >= 0.3 is 5.97 Å². The molecule has 1 amide bonds. The minimum atomic E-state index is -0.875. The van der Waals surface area contributed by atoms with Crippen molar-refractivity contribution in [3.63, 3.8) is 0 Å². The average Bonchev–Trinajstić information content (AvgIpc) is 3.35. The van der Waals surface area contributed by atoms with Crippen LogP contribution in [0, 0.1) is 23.2 Å². The summed E-state index contributed by atoms with van der Waals surface area (Å²) in [5.74, 6) is 3.05. The number of nitrogens with one attached hydrogen (secondary N) is 1. The van der Waals surface area contributed by atoms with E-state index in [0.717, 1.165) is 46.6 Å². The molecular formula is C31H29NO6. The molecule has 8 rings (SSSR count). The predicted molar refractivity (Wildman–Crippen MR) is 138 cm³/mol. The van der Waals surface area contributed by atoms with Gasteiger partial charge in [0.2, 0.25) is 6.79 Å². The fraction of sp³-hybridized carbons (Fsp3) is 0.419. The summed E-state index contributed by atoms with van der Waals surface area (Å²) in [6.07, 6.45) is 5.01. The molecule has 5 aliphatic rings. The Balaban J connectivity index is 0.998. The fourth-order valence-electron chi connectivity index (χ4n) is 8.55. The monoisotopic (exact) mass is 511 g/mol. The third-order valence-electron chi connectivity index (χ3n) is 10.0. The molecule has 3 aromatic rings. The summed E-state index contributed by atoms with van der Waals surface area (Å²) < 4.78 is 16.9. The largest absolute Gasteiger partial charge is 0.484 e. The van der Waals surface area contributed by atoms with Crippen molar-refractivity contribution in [3.05, 3.63) is 65.7 Å². The topological polar surface area (TPSA) is 94.1 Å². The smallest absolute Gasteiger partial charge is 0.304 e. The molecule has 7 nitrogen and oxygen atoms in total. The zero-order valence-corrected chi connectivity index (χ0v) is 20.9. The summed E-state index contributed by atoms with van der Waals surface area (Å²) >= 11 is 0. The molecule has 0 saturated heterocycles. The number of fused-ring (bicyclic) bond motifs is 2. The second kappa shape index (κ2) is 7.65. The van der Waals surface area contributed by atoms with Crippen molar-refractivity contribution in [2.75, 3.05) is 13.4 Å². The van der Waals surface area contributed by atoms with Crippen LogP contribution in [0.25, 0.3) is 10.8 Å². The van der Waals surface area contributed by atoms with Gasteiger partial charge in [-0.3, -0.25) is 9.59 Å². The maximum absolute atomic E-state index is 12.8. The third kappa shape index (κ3) is 3.20. The summed E-state index contributed by atoms with van der Waals surface area (Å²) in [7, 11) is 0. The van der Waals surface area contributed by atoms with Crippen molar-refractivity contribution in [1.82, 2.24) is 5.32 Å². The number of carboxylic acid groups (broad SMARTS) is 1. The molecule has 4 fully saturated rings. The predicted octanol–water partition coefficient (Wildman–Crippen LogP) is 4.86. The highest BCUT2D eigenvalue weighted by Gasteiger charge is 2.84. The van der Waals surface area contributed by atoms with Crippen LogP contribution in [-0.2, 0) is 9.59 Å². The standard InChI is InChI=1S/C31H29NO6/c33-27(32-31-12-21-11-30(29(21)31)13-22(30)14-31)15-36-23-5-3-17-1-2-18(7-20(17)8-23)24(10-28(34)35)19-4-6-25-26(9-19)38-16-37-25/h1-9,21-22,24,29H,10-16H2,(H,32,33)(H,34,35). The van der Waals surface area contributed by atoms with Gasteiger partial charge in [-0.15, -0.1) is 0 Å². The van der Waals surface area contributed by atoms with Gasteiger partial charge in [-0.05, 0) is 95.0 Å². The molecule has 7 heteroatoms. The van der Waals surface area contributed by atoms with E-state index in [1.165, 1.54) is 12.8 Å². The number of aliphatic carboxylic acids is 1. The lowest BCUT2D eigenvalue weighted by Crippen LogP contribution is -2.69. The molecule has 4 saturated carbocycles. The van der Waals surface area contributed by atoms with Gasteiger partial charge in [-0.1, -0.05) is 30.3 Å². The van der Waals surface area contributed by atoms with E-state index in [1.807, 2.05) is 54.6 Å². The summed E-state index contributed by atoms with van der Waals surface area (Å²) in [6.45, 7) is 0.170. The maximum Gasteiger partial charge on any atom is 0.304 e. The molecule has 0 aromatic heterocycles. The molecule has 4 aliphatic carbocycles. The Labute approximate surface area is 220 Å². The van der Waals surface area contributed by atoms with Gasteiger partial charge in [0, 0.05) is 11.5 Å². The number of carbonyl (C=O) groups is 2. The van der Waals surface area contributed by atoms with Crippen LogP contribution in [0.1, 0.15) is 49.1 Å². The zero-order valence-electron chi connectivity index (χ0n) is 20.9.